The van der Waals surface area contributed by atoms with E-state index in [4.69, 9.17) is 5.73 Å². The molecule has 2 nitrogen and oxygen atoms in total. The molecule has 0 bridgehead atoms. The third-order valence-corrected chi connectivity index (χ3v) is 4.03. The summed E-state index contributed by atoms with van der Waals surface area (Å²) < 4.78 is 0. The van der Waals surface area contributed by atoms with Gasteiger partial charge in [0.15, 0.2) is 0 Å². The lowest BCUT2D eigenvalue weighted by molar-refractivity contribution is 0.177. The van der Waals surface area contributed by atoms with Crippen LogP contribution in [0.3, 0.4) is 0 Å². The van der Waals surface area contributed by atoms with E-state index in [-0.39, 0.29) is 5.54 Å². The summed E-state index contributed by atoms with van der Waals surface area (Å²) in [6.07, 6.45) is 9.31. The van der Waals surface area contributed by atoms with Crippen LogP contribution in [0.25, 0.3) is 0 Å². The maximum Gasteiger partial charge on any atom is 0.0166 e. The molecule has 2 aliphatic carbocycles. The van der Waals surface area contributed by atoms with E-state index in [0.717, 1.165) is 5.92 Å². The van der Waals surface area contributed by atoms with Gasteiger partial charge in [-0.2, -0.15) is 0 Å². The van der Waals surface area contributed by atoms with Gasteiger partial charge < -0.3 is 10.6 Å². The van der Waals surface area contributed by atoms with E-state index in [1.165, 1.54) is 64.6 Å². The van der Waals surface area contributed by atoms with E-state index in [1.807, 2.05) is 0 Å². The highest BCUT2D eigenvalue weighted by Gasteiger charge is 2.33. The number of hydrogen-bond acceptors (Lipinski definition) is 2. The first-order chi connectivity index (χ1) is 7.22. The molecule has 0 aromatic carbocycles. The predicted molar refractivity (Wildman–Crippen MR) is 64.8 cm³/mol. The van der Waals surface area contributed by atoms with Gasteiger partial charge in [-0.05, 0) is 64.0 Å². The highest BCUT2D eigenvalue weighted by atomic mass is 15.1. The van der Waals surface area contributed by atoms with Gasteiger partial charge in [-0.15, -0.1) is 0 Å². The van der Waals surface area contributed by atoms with Crippen molar-refractivity contribution < 1.29 is 0 Å². The fraction of sp³-hybridized carbons (Fsp3) is 1.00. The molecule has 0 aromatic heterocycles. The lowest BCUT2D eigenvalue weighted by Crippen LogP contribution is -2.49. The summed E-state index contributed by atoms with van der Waals surface area (Å²) in [5.74, 6) is 1.02. The van der Waals surface area contributed by atoms with E-state index in [0.29, 0.717) is 0 Å². The highest BCUT2D eigenvalue weighted by molar-refractivity contribution is 4.93. The maximum absolute atomic E-state index is 6.27. The van der Waals surface area contributed by atoms with Crippen molar-refractivity contribution in [2.24, 2.45) is 11.7 Å². The SMILES string of the molecule is CCCN(CCC1(N)CCC1)CC1CC1. The van der Waals surface area contributed by atoms with Crippen molar-refractivity contribution in [2.45, 2.75) is 57.4 Å². The Kier molecular flexibility index (Phi) is 3.68. The lowest BCUT2D eigenvalue weighted by Gasteiger charge is -2.39. The molecule has 2 fully saturated rings. The van der Waals surface area contributed by atoms with Crippen LogP contribution < -0.4 is 5.73 Å². The maximum atomic E-state index is 6.27. The first-order valence-corrected chi connectivity index (χ1v) is 6.73. The molecule has 0 unspecified atom stereocenters. The minimum Gasteiger partial charge on any atom is -0.325 e. The molecule has 15 heavy (non-hydrogen) atoms. The molecule has 0 amide bonds. The average molecular weight is 210 g/mol. The van der Waals surface area contributed by atoms with Gasteiger partial charge in [0.05, 0.1) is 0 Å². The number of nitrogens with zero attached hydrogens (tertiary/aromatic N) is 1. The zero-order chi connectivity index (χ0) is 10.7. The van der Waals surface area contributed by atoms with E-state index in [2.05, 4.69) is 11.8 Å². The molecule has 88 valence electrons. The largest absolute Gasteiger partial charge is 0.325 e. The van der Waals surface area contributed by atoms with Crippen LogP contribution in [-0.2, 0) is 0 Å². The quantitative estimate of drug-likeness (QED) is 0.699. The third-order valence-electron chi connectivity index (χ3n) is 4.03. The summed E-state index contributed by atoms with van der Waals surface area (Å²) in [6.45, 7) is 6.12. The summed E-state index contributed by atoms with van der Waals surface area (Å²) in [4.78, 5) is 2.64. The zero-order valence-corrected chi connectivity index (χ0v) is 10.2. The molecule has 0 radical (unpaired) electrons. The molecule has 0 heterocycles. The standard InChI is InChI=1S/C13H26N2/c1-2-9-15(11-12-4-5-12)10-8-13(14)6-3-7-13/h12H,2-11,14H2,1H3. The van der Waals surface area contributed by atoms with E-state index in [1.54, 1.807) is 0 Å². The minimum atomic E-state index is 0.218. The Hall–Kier alpha value is -0.0800. The Morgan fingerprint density at radius 3 is 2.47 bits per heavy atom. The highest BCUT2D eigenvalue weighted by Crippen LogP contribution is 2.33. The van der Waals surface area contributed by atoms with Crippen LogP contribution in [0.15, 0.2) is 0 Å². The van der Waals surface area contributed by atoms with Crippen LogP contribution in [0.1, 0.15) is 51.9 Å². The lowest BCUT2D eigenvalue weighted by atomic mass is 9.75. The van der Waals surface area contributed by atoms with Crippen molar-refractivity contribution in [2.75, 3.05) is 19.6 Å². The van der Waals surface area contributed by atoms with Crippen molar-refractivity contribution in [1.29, 1.82) is 0 Å². The molecule has 0 saturated heterocycles. The molecule has 2 aliphatic rings. The Morgan fingerprint density at radius 1 is 1.27 bits per heavy atom. The smallest absolute Gasteiger partial charge is 0.0166 e. The Balaban J connectivity index is 1.67. The third kappa shape index (κ3) is 3.46. The topological polar surface area (TPSA) is 29.3 Å². The molecule has 2 rings (SSSR count). The van der Waals surface area contributed by atoms with Gasteiger partial charge in [0.2, 0.25) is 0 Å². The number of nitrogens with two attached hydrogens (primary N) is 1. The fourth-order valence-electron chi connectivity index (χ4n) is 2.54. The van der Waals surface area contributed by atoms with Crippen LogP contribution in [0.5, 0.6) is 0 Å². The molecule has 0 spiro atoms. The van der Waals surface area contributed by atoms with Gasteiger partial charge in [-0.1, -0.05) is 6.92 Å². The van der Waals surface area contributed by atoms with Crippen LogP contribution in [0, 0.1) is 5.92 Å². The van der Waals surface area contributed by atoms with Crippen molar-refractivity contribution in [3.05, 3.63) is 0 Å². The van der Waals surface area contributed by atoms with E-state index >= 15 is 0 Å². The fourth-order valence-corrected chi connectivity index (χ4v) is 2.54. The second-order valence-corrected chi connectivity index (χ2v) is 5.71. The van der Waals surface area contributed by atoms with Gasteiger partial charge in [0.1, 0.15) is 0 Å². The van der Waals surface area contributed by atoms with Crippen molar-refractivity contribution in [3.8, 4) is 0 Å². The van der Waals surface area contributed by atoms with Gasteiger partial charge in [-0.3, -0.25) is 0 Å². The zero-order valence-electron chi connectivity index (χ0n) is 10.2. The molecular formula is C13H26N2. The first-order valence-electron chi connectivity index (χ1n) is 6.73. The monoisotopic (exact) mass is 210 g/mol. The van der Waals surface area contributed by atoms with Gasteiger partial charge >= 0.3 is 0 Å². The van der Waals surface area contributed by atoms with E-state index < -0.39 is 0 Å². The summed E-state index contributed by atoms with van der Waals surface area (Å²) in [5, 5.41) is 0. The predicted octanol–water partition coefficient (Wildman–Crippen LogP) is 2.38. The molecule has 0 aromatic rings. The average Bonchev–Trinajstić information content (AvgIpc) is 2.95. The number of rotatable bonds is 7. The van der Waals surface area contributed by atoms with Crippen LogP contribution in [0.2, 0.25) is 0 Å². The Morgan fingerprint density at radius 2 is 2.00 bits per heavy atom. The van der Waals surface area contributed by atoms with Crippen molar-refractivity contribution in [1.82, 2.24) is 4.90 Å². The minimum absolute atomic E-state index is 0.218. The summed E-state index contributed by atoms with van der Waals surface area (Å²) in [6, 6.07) is 0. The molecular weight excluding hydrogens is 184 g/mol. The van der Waals surface area contributed by atoms with Crippen LogP contribution >= 0.6 is 0 Å². The Bertz CT molecular complexity index is 195. The second-order valence-electron chi connectivity index (χ2n) is 5.71. The number of hydrogen-bond donors (Lipinski definition) is 1. The van der Waals surface area contributed by atoms with Crippen LogP contribution in [0.4, 0.5) is 0 Å². The molecule has 2 heteroatoms. The summed E-state index contributed by atoms with van der Waals surface area (Å²) in [7, 11) is 0. The van der Waals surface area contributed by atoms with E-state index in [9.17, 15) is 0 Å². The van der Waals surface area contributed by atoms with Gasteiger partial charge in [0.25, 0.3) is 0 Å². The molecule has 0 aliphatic heterocycles. The van der Waals surface area contributed by atoms with Crippen molar-refractivity contribution in [3.63, 3.8) is 0 Å². The van der Waals surface area contributed by atoms with Gasteiger partial charge in [0, 0.05) is 12.1 Å². The molecule has 2 N–H and O–H groups in total. The summed E-state index contributed by atoms with van der Waals surface area (Å²) in [5.41, 5.74) is 6.48. The van der Waals surface area contributed by atoms with Crippen LogP contribution in [-0.4, -0.2) is 30.1 Å². The normalized spacial score (nSPS) is 24.2. The first kappa shape index (κ1) is 11.4. The molecule has 2 saturated carbocycles. The van der Waals surface area contributed by atoms with Gasteiger partial charge in [-0.25, -0.2) is 0 Å². The molecule has 0 atom stereocenters. The Labute approximate surface area is 94.2 Å². The van der Waals surface area contributed by atoms with Crippen molar-refractivity contribution >= 4 is 0 Å². The second kappa shape index (κ2) is 4.84. The summed E-state index contributed by atoms with van der Waals surface area (Å²) >= 11 is 0.